The Bertz CT molecular complexity index is 1380. The summed E-state index contributed by atoms with van der Waals surface area (Å²) in [5.74, 6) is -2.88. The molecule has 4 aliphatic rings. The van der Waals surface area contributed by atoms with Crippen LogP contribution in [0.2, 0.25) is 0 Å². The molecular formula is C34H51F5N2O5S2. The number of benzene rings is 1. The van der Waals surface area contributed by atoms with Crippen LogP contribution in [0.5, 0.6) is 5.75 Å². The highest BCUT2D eigenvalue weighted by Crippen LogP contribution is 2.76. The largest absolute Gasteiger partial charge is 0.453 e. The zero-order chi connectivity index (χ0) is 35.1. The Balaban J connectivity index is 1.13. The van der Waals surface area contributed by atoms with E-state index in [-0.39, 0.29) is 52.6 Å². The van der Waals surface area contributed by atoms with Crippen molar-refractivity contribution in [1.82, 2.24) is 4.90 Å². The van der Waals surface area contributed by atoms with Gasteiger partial charge in [-0.1, -0.05) is 25.8 Å². The number of rotatable bonds is 16. The summed E-state index contributed by atoms with van der Waals surface area (Å²) in [5, 5.41) is 28.3. The molecule has 7 nitrogen and oxygen atoms in total. The predicted octanol–water partition coefficient (Wildman–Crippen LogP) is 7.19. The van der Waals surface area contributed by atoms with E-state index in [1.807, 2.05) is 13.1 Å². The zero-order valence-electron chi connectivity index (χ0n) is 27.9. The molecular weight excluding hydrogens is 676 g/mol. The van der Waals surface area contributed by atoms with E-state index in [4.69, 9.17) is 9.32 Å². The van der Waals surface area contributed by atoms with Crippen molar-refractivity contribution in [1.29, 1.82) is 0 Å². The van der Waals surface area contributed by atoms with Crippen LogP contribution in [-0.4, -0.2) is 73.4 Å². The first-order valence-electron chi connectivity index (χ1n) is 17.3. The van der Waals surface area contributed by atoms with Crippen molar-refractivity contribution < 1.29 is 44.8 Å². The quantitative estimate of drug-likeness (QED) is 0.122. The zero-order valence-corrected chi connectivity index (χ0v) is 29.5. The molecule has 1 spiro atoms. The lowest BCUT2D eigenvalue weighted by Crippen LogP contribution is -2.47. The second-order valence-corrected chi connectivity index (χ2v) is 17.4. The Kier molecular flexibility index (Phi) is 11.4. The van der Waals surface area contributed by atoms with E-state index in [0.717, 1.165) is 82.9 Å². The molecule has 1 aromatic carbocycles. The SMILES string of the molecule is CN(CCCCCC1C2C(CC[C@@]3(C)C2C[C@@H](O)C32CC2)c2ccc(OS(N)(=O)=O)cc2[C@H]1O)CCCSCCCC(F)(F)C(F)(F)F. The Morgan fingerprint density at radius 3 is 2.35 bits per heavy atom. The number of hydrogen-bond acceptors (Lipinski definition) is 7. The van der Waals surface area contributed by atoms with E-state index < -0.39 is 34.9 Å². The van der Waals surface area contributed by atoms with Gasteiger partial charge >= 0.3 is 22.4 Å². The van der Waals surface area contributed by atoms with E-state index in [9.17, 15) is 40.6 Å². The highest BCUT2D eigenvalue weighted by atomic mass is 32.2. The molecule has 1 aromatic rings. The number of nitrogens with zero attached hydrogens (tertiary/aromatic N) is 1. The van der Waals surface area contributed by atoms with Crippen LogP contribution >= 0.6 is 11.8 Å². The van der Waals surface area contributed by atoms with Crippen LogP contribution in [0.1, 0.15) is 107 Å². The molecule has 0 amide bonds. The second kappa shape index (κ2) is 14.4. The molecule has 0 saturated heterocycles. The van der Waals surface area contributed by atoms with Gasteiger partial charge in [-0.25, -0.2) is 0 Å². The summed E-state index contributed by atoms with van der Waals surface area (Å²) in [6, 6.07) is 5.12. The minimum Gasteiger partial charge on any atom is -0.393 e. The van der Waals surface area contributed by atoms with Gasteiger partial charge in [0.15, 0.2) is 0 Å². The molecule has 0 radical (unpaired) electrons. The van der Waals surface area contributed by atoms with E-state index in [1.54, 1.807) is 12.1 Å². The highest BCUT2D eigenvalue weighted by molar-refractivity contribution is 7.99. The molecule has 0 aliphatic heterocycles. The average Bonchev–Trinajstić information content (AvgIpc) is 3.77. The van der Waals surface area contributed by atoms with Gasteiger partial charge in [0.2, 0.25) is 0 Å². The molecule has 3 fully saturated rings. The van der Waals surface area contributed by atoms with Crippen molar-refractivity contribution in [3.05, 3.63) is 29.3 Å². The summed E-state index contributed by atoms with van der Waals surface area (Å²) in [6.45, 7) is 4.04. The number of nitrogens with two attached hydrogens (primary N) is 1. The molecule has 7 atom stereocenters. The molecule has 14 heteroatoms. The molecule has 4 aliphatic carbocycles. The number of aliphatic hydroxyl groups excluding tert-OH is 2. The number of alkyl halides is 5. The van der Waals surface area contributed by atoms with E-state index in [2.05, 4.69) is 11.8 Å². The fourth-order valence-electron chi connectivity index (χ4n) is 9.67. The molecule has 0 heterocycles. The summed E-state index contributed by atoms with van der Waals surface area (Å²) in [7, 11) is -2.19. The Morgan fingerprint density at radius 2 is 1.69 bits per heavy atom. The van der Waals surface area contributed by atoms with Crippen LogP contribution < -0.4 is 9.32 Å². The lowest BCUT2D eigenvalue weighted by Gasteiger charge is -2.55. The van der Waals surface area contributed by atoms with Gasteiger partial charge in [0, 0.05) is 11.8 Å². The Morgan fingerprint density at radius 1 is 1.00 bits per heavy atom. The van der Waals surface area contributed by atoms with Gasteiger partial charge in [-0.15, -0.1) is 0 Å². The highest BCUT2D eigenvalue weighted by Gasteiger charge is 2.71. The second-order valence-electron chi connectivity index (χ2n) is 15.1. The molecule has 0 aromatic heterocycles. The normalized spacial score (nSPS) is 31.1. The Hall–Kier alpha value is -1.19. The molecule has 48 heavy (non-hydrogen) atoms. The van der Waals surface area contributed by atoms with Crippen molar-refractivity contribution in [3.63, 3.8) is 0 Å². The molecule has 274 valence electrons. The molecule has 3 saturated carbocycles. The first kappa shape index (κ1) is 38.1. The van der Waals surface area contributed by atoms with Gasteiger partial charge in [0.25, 0.3) is 0 Å². The number of hydrogen-bond donors (Lipinski definition) is 3. The van der Waals surface area contributed by atoms with Crippen LogP contribution in [-0.2, 0) is 10.3 Å². The number of thioether (sulfide) groups is 1. The van der Waals surface area contributed by atoms with E-state index >= 15 is 0 Å². The minimum atomic E-state index is -5.49. The minimum absolute atomic E-state index is 0.00349. The first-order chi connectivity index (χ1) is 22.4. The lowest BCUT2D eigenvalue weighted by atomic mass is 9.50. The maximum atomic E-state index is 13.0. The summed E-state index contributed by atoms with van der Waals surface area (Å²) in [4.78, 5) is 2.20. The summed E-state index contributed by atoms with van der Waals surface area (Å²) in [6.07, 6.45) is 1.37. The molecule has 4 unspecified atom stereocenters. The number of fused-ring (bicyclic) bond motifs is 6. The van der Waals surface area contributed by atoms with Crippen molar-refractivity contribution in [3.8, 4) is 5.75 Å². The maximum absolute atomic E-state index is 13.0. The van der Waals surface area contributed by atoms with Gasteiger partial charge in [-0.2, -0.15) is 47.3 Å². The summed E-state index contributed by atoms with van der Waals surface area (Å²) >= 11 is 1.40. The third-order valence-corrected chi connectivity index (χ3v) is 13.8. The maximum Gasteiger partial charge on any atom is 0.453 e. The summed E-state index contributed by atoms with van der Waals surface area (Å²) < 4.78 is 91.1. The van der Waals surface area contributed by atoms with Gasteiger partial charge < -0.3 is 19.3 Å². The molecule has 5 rings (SSSR count). The van der Waals surface area contributed by atoms with Crippen molar-refractivity contribution in [2.24, 2.45) is 33.7 Å². The average molecular weight is 727 g/mol. The standard InChI is InChI=1S/C34H51F5N2O5S2/c1-31-13-11-24-23-10-9-22(46-48(40,44)45)20-26(23)30(43)25(29(24)27(31)21-28(42)32(31)14-15-32)8-4-3-5-16-41(2)17-7-19-47-18-6-12-33(35,36)34(37,38)39/h9-10,20,24-25,27-30,42-43H,3-8,11-19,21H2,1-2H3,(H2,40,44,45)/t24?,25?,27?,28-,29?,30+,31+/m1/s1. The van der Waals surface area contributed by atoms with Crippen LogP contribution in [0.25, 0.3) is 0 Å². The predicted molar refractivity (Wildman–Crippen MR) is 176 cm³/mol. The fourth-order valence-corrected chi connectivity index (χ4v) is 10.9. The van der Waals surface area contributed by atoms with Crippen molar-refractivity contribution in [2.45, 2.75) is 114 Å². The smallest absolute Gasteiger partial charge is 0.393 e. The van der Waals surface area contributed by atoms with Crippen molar-refractivity contribution >= 4 is 22.1 Å². The summed E-state index contributed by atoms with van der Waals surface area (Å²) in [5.41, 5.74) is 1.78. The van der Waals surface area contributed by atoms with Gasteiger partial charge in [0.1, 0.15) is 5.75 Å². The van der Waals surface area contributed by atoms with Gasteiger partial charge in [-0.05, 0) is 142 Å². The molecule has 4 N–H and O–H groups in total. The van der Waals surface area contributed by atoms with E-state index in [1.165, 1.54) is 11.8 Å². The first-order valence-corrected chi connectivity index (χ1v) is 20.0. The fraction of sp³-hybridized carbons (Fsp3) is 0.824. The van der Waals surface area contributed by atoms with Gasteiger partial charge in [0.05, 0.1) is 12.2 Å². The van der Waals surface area contributed by atoms with Crippen LogP contribution in [0, 0.1) is 28.6 Å². The van der Waals surface area contributed by atoms with E-state index in [0.29, 0.717) is 17.2 Å². The number of unbranched alkanes of at least 4 members (excludes halogenated alkanes) is 2. The third kappa shape index (κ3) is 7.83. The van der Waals surface area contributed by atoms with Crippen LogP contribution in [0.15, 0.2) is 18.2 Å². The number of aliphatic hydroxyl groups is 2. The third-order valence-electron chi connectivity index (χ3n) is 12.3. The Labute approximate surface area is 285 Å². The lowest BCUT2D eigenvalue weighted by molar-refractivity contribution is -0.284. The topological polar surface area (TPSA) is 113 Å². The van der Waals surface area contributed by atoms with Crippen molar-refractivity contribution in [2.75, 3.05) is 31.6 Å². The van der Waals surface area contributed by atoms with Crippen LogP contribution in [0.3, 0.4) is 0 Å². The monoisotopic (exact) mass is 726 g/mol. The molecule has 0 bridgehead atoms. The van der Waals surface area contributed by atoms with Gasteiger partial charge in [-0.3, -0.25) is 0 Å². The number of halogens is 5. The van der Waals surface area contributed by atoms with Crippen LogP contribution in [0.4, 0.5) is 22.0 Å².